The predicted octanol–water partition coefficient (Wildman–Crippen LogP) is 1.96. The topological polar surface area (TPSA) is 91.9 Å². The Labute approximate surface area is 168 Å². The fourth-order valence-electron chi connectivity index (χ4n) is 4.60. The zero-order valence-corrected chi connectivity index (χ0v) is 15.9. The lowest BCUT2D eigenvalue weighted by Crippen LogP contribution is -2.49. The molecule has 1 fully saturated rings. The monoisotopic (exact) mass is 391 g/mol. The fourth-order valence-corrected chi connectivity index (χ4v) is 4.60. The van der Waals surface area contributed by atoms with Crippen LogP contribution in [-0.2, 0) is 28.0 Å². The van der Waals surface area contributed by atoms with Crippen molar-refractivity contribution in [3.63, 3.8) is 0 Å². The maximum atomic E-state index is 13.0. The van der Waals surface area contributed by atoms with Crippen LogP contribution in [-0.4, -0.2) is 35.6 Å². The molecule has 2 aliphatic rings. The van der Waals surface area contributed by atoms with E-state index in [1.54, 1.807) is 6.26 Å². The van der Waals surface area contributed by atoms with Gasteiger partial charge in [0.15, 0.2) is 0 Å². The highest BCUT2D eigenvalue weighted by Gasteiger charge is 2.61. The molecule has 1 amide bonds. The van der Waals surface area contributed by atoms with E-state index >= 15 is 0 Å². The smallest absolute Gasteiger partial charge is 0.464 e. The Morgan fingerprint density at radius 1 is 1.21 bits per heavy atom. The second kappa shape index (κ2) is 7.02. The summed E-state index contributed by atoms with van der Waals surface area (Å²) in [6.45, 7) is 1.08. The highest BCUT2D eigenvalue weighted by molar-refractivity contribution is 6.43. The van der Waals surface area contributed by atoms with Gasteiger partial charge in [-0.3, -0.25) is 4.79 Å². The lowest BCUT2D eigenvalue weighted by Gasteiger charge is -2.27. The van der Waals surface area contributed by atoms with Crippen LogP contribution in [0.3, 0.4) is 0 Å². The van der Waals surface area contributed by atoms with E-state index in [0.29, 0.717) is 19.6 Å². The molecule has 29 heavy (non-hydrogen) atoms. The molecule has 0 radical (unpaired) electrons. The summed E-state index contributed by atoms with van der Waals surface area (Å²) >= 11 is 0. The first-order chi connectivity index (χ1) is 14.1. The lowest BCUT2D eigenvalue weighted by atomic mass is 9.75. The Morgan fingerprint density at radius 2 is 2.00 bits per heavy atom. The molecule has 6 nitrogen and oxygen atoms in total. The van der Waals surface area contributed by atoms with Gasteiger partial charge in [0, 0.05) is 10.8 Å². The van der Waals surface area contributed by atoms with Gasteiger partial charge in [-0.05, 0) is 35.6 Å². The van der Waals surface area contributed by atoms with E-state index in [1.165, 1.54) is 5.56 Å². The summed E-state index contributed by atoms with van der Waals surface area (Å²) < 4.78 is 11.3. The van der Waals surface area contributed by atoms with Crippen LogP contribution in [0.15, 0.2) is 59.2 Å². The number of amides is 1. The molecule has 3 atom stereocenters. The van der Waals surface area contributed by atoms with Crippen LogP contribution in [0.2, 0.25) is 0 Å². The molecule has 3 N–H and O–H groups in total. The van der Waals surface area contributed by atoms with Crippen LogP contribution in [0.5, 0.6) is 0 Å². The summed E-state index contributed by atoms with van der Waals surface area (Å²) in [5.74, 6) is -1.22. The number of furan rings is 1. The molecule has 1 aliphatic heterocycles. The molecule has 2 unspecified atom stereocenters. The van der Waals surface area contributed by atoms with Crippen molar-refractivity contribution in [2.45, 2.75) is 30.8 Å². The molecule has 0 bridgehead atoms. The maximum absolute atomic E-state index is 13.0. The largest absolute Gasteiger partial charge is 0.475 e. The van der Waals surface area contributed by atoms with Gasteiger partial charge < -0.3 is 24.5 Å². The molecular weight excluding hydrogens is 369 g/mol. The predicted molar refractivity (Wildman–Crippen MR) is 108 cm³/mol. The number of carbonyl (C=O) groups excluding carboxylic acids is 1. The van der Waals surface area contributed by atoms with Crippen molar-refractivity contribution in [2.75, 3.05) is 6.61 Å². The van der Waals surface area contributed by atoms with Crippen molar-refractivity contribution in [3.8, 4) is 0 Å². The minimum absolute atomic E-state index is 0.170. The van der Waals surface area contributed by atoms with Gasteiger partial charge >= 0.3 is 7.12 Å². The molecule has 1 aromatic heterocycles. The highest BCUT2D eigenvalue weighted by Crippen LogP contribution is 2.57. The zero-order chi connectivity index (χ0) is 20.0. The van der Waals surface area contributed by atoms with E-state index < -0.39 is 13.1 Å². The van der Waals surface area contributed by atoms with E-state index in [4.69, 9.17) is 9.15 Å². The fraction of sp³-hybridized carbons (Fsp3) is 0.318. The molecule has 1 spiro atoms. The second-order valence-corrected chi connectivity index (χ2v) is 8.05. The first-order valence-corrected chi connectivity index (χ1v) is 9.86. The molecule has 0 saturated heterocycles. The number of fused-ring (bicyclic) bond motifs is 3. The van der Waals surface area contributed by atoms with Crippen molar-refractivity contribution in [1.29, 1.82) is 0 Å². The molecule has 1 saturated carbocycles. The average Bonchev–Trinajstić information content (AvgIpc) is 3.30. The molecule has 2 heterocycles. The Morgan fingerprint density at radius 3 is 2.86 bits per heavy atom. The third kappa shape index (κ3) is 3.15. The summed E-state index contributed by atoms with van der Waals surface area (Å²) in [6, 6.07) is 15.6. The SMILES string of the molecule is O=C(N[C@@H](Cc1coc2ccccc12)B(O)O)C1CC12COCc1ccccc12. The summed E-state index contributed by atoms with van der Waals surface area (Å²) in [7, 11) is -1.67. The number of rotatable bonds is 5. The summed E-state index contributed by atoms with van der Waals surface area (Å²) in [6.07, 6.45) is 2.59. The molecular formula is C22H22BNO5. The van der Waals surface area contributed by atoms with Crippen molar-refractivity contribution >= 4 is 24.0 Å². The second-order valence-electron chi connectivity index (χ2n) is 8.05. The van der Waals surface area contributed by atoms with Crippen molar-refractivity contribution < 1.29 is 24.0 Å². The first kappa shape index (κ1) is 18.4. The molecule has 3 aromatic rings. The highest BCUT2D eigenvalue weighted by atomic mass is 16.5. The average molecular weight is 391 g/mol. The van der Waals surface area contributed by atoms with Crippen LogP contribution < -0.4 is 5.32 Å². The third-order valence-electron chi connectivity index (χ3n) is 6.25. The van der Waals surface area contributed by atoms with Crippen LogP contribution >= 0.6 is 0 Å². The number of benzene rings is 2. The maximum Gasteiger partial charge on any atom is 0.475 e. The Balaban J connectivity index is 1.33. The summed E-state index contributed by atoms with van der Waals surface area (Å²) in [5, 5.41) is 23.5. The van der Waals surface area contributed by atoms with E-state index in [-0.39, 0.29) is 23.7 Å². The van der Waals surface area contributed by atoms with Gasteiger partial charge in [-0.2, -0.15) is 0 Å². The van der Waals surface area contributed by atoms with Crippen LogP contribution in [0.4, 0.5) is 0 Å². The van der Waals surface area contributed by atoms with E-state index in [1.807, 2.05) is 42.5 Å². The number of nitrogens with one attached hydrogen (secondary N) is 1. The van der Waals surface area contributed by atoms with E-state index in [0.717, 1.165) is 22.1 Å². The van der Waals surface area contributed by atoms with Crippen LogP contribution in [0.25, 0.3) is 11.0 Å². The van der Waals surface area contributed by atoms with Gasteiger partial charge in [-0.1, -0.05) is 42.5 Å². The van der Waals surface area contributed by atoms with Crippen LogP contribution in [0.1, 0.15) is 23.1 Å². The van der Waals surface area contributed by atoms with Crippen molar-refractivity contribution in [1.82, 2.24) is 5.32 Å². The van der Waals surface area contributed by atoms with Gasteiger partial charge in [0.2, 0.25) is 5.91 Å². The summed E-state index contributed by atoms with van der Waals surface area (Å²) in [5.41, 5.74) is 3.56. The lowest BCUT2D eigenvalue weighted by molar-refractivity contribution is -0.123. The minimum Gasteiger partial charge on any atom is -0.464 e. The number of hydrogen-bond acceptors (Lipinski definition) is 5. The molecule has 7 heteroatoms. The molecule has 5 rings (SSSR count). The Kier molecular flexibility index (Phi) is 4.46. The third-order valence-corrected chi connectivity index (χ3v) is 6.25. The molecule has 148 valence electrons. The molecule has 2 aromatic carbocycles. The van der Waals surface area contributed by atoms with Gasteiger partial charge in [0.05, 0.1) is 31.3 Å². The van der Waals surface area contributed by atoms with Crippen molar-refractivity contribution in [3.05, 3.63) is 71.5 Å². The quantitative estimate of drug-likeness (QED) is 0.579. The minimum atomic E-state index is -1.67. The number of para-hydroxylation sites is 1. The normalized spacial score (nSPS) is 23.6. The van der Waals surface area contributed by atoms with E-state index in [2.05, 4.69) is 11.4 Å². The van der Waals surface area contributed by atoms with Gasteiger partial charge in [-0.15, -0.1) is 0 Å². The summed E-state index contributed by atoms with van der Waals surface area (Å²) in [4.78, 5) is 13.0. The van der Waals surface area contributed by atoms with Gasteiger partial charge in [0.1, 0.15) is 5.58 Å². The first-order valence-electron chi connectivity index (χ1n) is 9.86. The van der Waals surface area contributed by atoms with Gasteiger partial charge in [0.25, 0.3) is 0 Å². The van der Waals surface area contributed by atoms with E-state index in [9.17, 15) is 14.8 Å². The Hall–Kier alpha value is -2.61. The number of carbonyl (C=O) groups is 1. The number of hydrogen-bond donors (Lipinski definition) is 3. The van der Waals surface area contributed by atoms with Crippen molar-refractivity contribution in [2.24, 2.45) is 5.92 Å². The standard InChI is InChI=1S/C22H22BNO5/c25-21(18-10-22(18)13-28-11-14-5-1-3-7-17(14)22)24-20(23(26)27)9-15-12-29-19-8-4-2-6-16(15)19/h1-8,12,18,20,26-27H,9-11,13H2,(H,24,25)/t18?,20-,22?/m0/s1. The number of ether oxygens (including phenoxy) is 1. The van der Waals surface area contributed by atoms with Gasteiger partial charge in [-0.25, -0.2) is 0 Å². The zero-order valence-electron chi connectivity index (χ0n) is 15.9. The molecule has 1 aliphatic carbocycles. The Bertz CT molecular complexity index is 1060. The van der Waals surface area contributed by atoms with Crippen LogP contribution in [0, 0.1) is 5.92 Å².